The van der Waals surface area contributed by atoms with Gasteiger partial charge in [-0.2, -0.15) is 17.6 Å². The minimum absolute atomic E-state index is 0.0200. The van der Waals surface area contributed by atoms with E-state index in [0.29, 0.717) is 5.56 Å². The van der Waals surface area contributed by atoms with Gasteiger partial charge >= 0.3 is 0 Å². The summed E-state index contributed by atoms with van der Waals surface area (Å²) in [6.45, 7) is -2.11. The van der Waals surface area contributed by atoms with Crippen LogP contribution in [0.1, 0.15) is 40.5 Å². The van der Waals surface area contributed by atoms with Crippen molar-refractivity contribution in [1.82, 2.24) is 19.9 Å². The number of halogens is 8. The molecule has 0 saturated heterocycles. The lowest BCUT2D eigenvalue weighted by atomic mass is 9.96. The summed E-state index contributed by atoms with van der Waals surface area (Å²) in [5, 5.41) is 72.5. The molecule has 0 spiro atoms. The first-order valence-electron chi connectivity index (χ1n) is 21.7. The van der Waals surface area contributed by atoms with E-state index in [9.17, 15) is 35.7 Å². The van der Waals surface area contributed by atoms with Crippen molar-refractivity contribution in [3.05, 3.63) is 148 Å². The second-order valence-corrected chi connectivity index (χ2v) is 16.7. The highest BCUT2D eigenvalue weighted by Crippen LogP contribution is 2.47. The number of aliphatic hydroxyl groups excluding tert-OH is 6. The van der Waals surface area contributed by atoms with Gasteiger partial charge in [0.15, 0.2) is 34.8 Å². The monoisotopic (exact) mass is 1000 g/mol. The summed E-state index contributed by atoms with van der Waals surface area (Å²) >= 11 is 0. The number of hydrogen-bond donors (Lipinski definition) is 9. The van der Waals surface area contributed by atoms with Crippen molar-refractivity contribution < 1.29 is 80.3 Å². The second-order valence-electron chi connectivity index (χ2n) is 16.7. The van der Waals surface area contributed by atoms with Crippen molar-refractivity contribution in [2.45, 2.75) is 31.3 Å². The minimum atomic E-state index is -2.24. The molecular formula is C51H38F8N4O9. The van der Waals surface area contributed by atoms with Gasteiger partial charge in [-0.25, -0.2) is 22.5 Å². The van der Waals surface area contributed by atoms with Crippen LogP contribution >= 0.6 is 0 Å². The van der Waals surface area contributed by atoms with Gasteiger partial charge < -0.3 is 55.2 Å². The van der Waals surface area contributed by atoms with Crippen LogP contribution in [0.5, 0.6) is 17.2 Å². The predicted molar refractivity (Wildman–Crippen MR) is 245 cm³/mol. The molecule has 72 heavy (non-hydrogen) atoms. The highest BCUT2D eigenvalue weighted by Gasteiger charge is 2.38. The molecule has 0 saturated carbocycles. The lowest BCUT2D eigenvalue weighted by Crippen LogP contribution is -2.22. The number of nitrogens with one attached hydrogen (secondary N) is 2. The second kappa shape index (κ2) is 19.5. The highest BCUT2D eigenvalue weighted by molar-refractivity contribution is 5.98. The molecule has 2 aliphatic rings. The van der Waals surface area contributed by atoms with Gasteiger partial charge in [0.1, 0.15) is 43.4 Å². The molecule has 2 unspecified atom stereocenters. The van der Waals surface area contributed by atoms with Crippen LogP contribution in [0.15, 0.2) is 72.8 Å². The summed E-state index contributed by atoms with van der Waals surface area (Å²) in [7, 11) is 0. The number of fused-ring (bicyclic) bond motifs is 8. The van der Waals surface area contributed by atoms with Gasteiger partial charge in [-0.3, -0.25) is 4.98 Å². The van der Waals surface area contributed by atoms with Gasteiger partial charge in [0, 0.05) is 44.3 Å². The van der Waals surface area contributed by atoms with E-state index < -0.39 is 148 Å². The Balaban J connectivity index is 1.47. The third-order valence-corrected chi connectivity index (χ3v) is 11.9. The first-order chi connectivity index (χ1) is 34.4. The van der Waals surface area contributed by atoms with E-state index in [-0.39, 0.29) is 55.9 Å². The summed E-state index contributed by atoms with van der Waals surface area (Å²) < 4.78 is 140. The molecule has 21 heteroatoms. The molecule has 9 N–H and O–H groups in total. The number of H-pyrrole nitrogens is 2. The summed E-state index contributed by atoms with van der Waals surface area (Å²) in [5.41, 5.74) is -5.59. The van der Waals surface area contributed by atoms with Crippen molar-refractivity contribution in [3.8, 4) is 61.8 Å². The topological polar surface area (TPSA) is 217 Å². The summed E-state index contributed by atoms with van der Waals surface area (Å²) in [4.78, 5) is 15.0. The largest absolute Gasteiger partial charge is 0.508 e. The highest BCUT2D eigenvalue weighted by atomic mass is 19.2. The Bertz CT molecular complexity index is 3470. The van der Waals surface area contributed by atoms with Crippen LogP contribution in [0.4, 0.5) is 35.1 Å². The molecule has 13 nitrogen and oxygen atoms in total. The molecule has 9 rings (SSSR count). The van der Waals surface area contributed by atoms with Gasteiger partial charge in [-0.05, 0) is 66.6 Å². The molecule has 2 aliphatic heterocycles. The van der Waals surface area contributed by atoms with Gasteiger partial charge in [0.2, 0.25) is 23.3 Å². The van der Waals surface area contributed by atoms with E-state index in [1.165, 1.54) is 66.7 Å². The van der Waals surface area contributed by atoms with Crippen molar-refractivity contribution in [2.24, 2.45) is 0 Å². The maximum Gasteiger partial charge on any atom is 0.204 e. The van der Waals surface area contributed by atoms with E-state index in [1.807, 2.05) is 0 Å². The number of aryl methyl sites for hydroxylation is 1. The van der Waals surface area contributed by atoms with E-state index >= 15 is 35.1 Å². The molecule has 8 bridgehead atoms. The van der Waals surface area contributed by atoms with Crippen LogP contribution in [0.2, 0.25) is 0 Å². The molecule has 7 aromatic rings. The number of benzene rings is 4. The Hall–Kier alpha value is -7.66. The number of rotatable bonds is 12. The van der Waals surface area contributed by atoms with Crippen LogP contribution in [-0.2, 0) is 0 Å². The molecule has 0 radical (unpaired) electrons. The van der Waals surface area contributed by atoms with Crippen molar-refractivity contribution in [1.29, 1.82) is 0 Å². The van der Waals surface area contributed by atoms with E-state index in [0.717, 1.165) is 0 Å². The average molecular weight is 1000 g/mol. The Labute approximate surface area is 400 Å². The fourth-order valence-corrected chi connectivity index (χ4v) is 8.51. The van der Waals surface area contributed by atoms with Gasteiger partial charge in [0.25, 0.3) is 0 Å². The molecule has 0 aliphatic carbocycles. The standard InChI is InChI=1S/C51H38F8N4O9/c1-20-4-2-5-21(14-20)33-28-10-12-30(62-28)34(36-38(52)42(56)50(43(57)39(36)53)71-18-24(67)16-64)29-11-8-26(60-29)32(22-6-3-7-23(66)15-22)27-9-13-31(61-27)35(47-49(70)48(69)46(33)63-47)37-40(54)44(58)51(45(59)41(37)55)72-19-25(68)17-65/h2-15,24-25,48-49,61-62,64-70H,16-19H2,1H3/t24?,25?,48-,49+/m0/s1. The fourth-order valence-electron chi connectivity index (χ4n) is 8.51. The number of hydrogen-bond acceptors (Lipinski definition) is 11. The summed E-state index contributed by atoms with van der Waals surface area (Å²) in [5.74, 6) is -19.8. The zero-order valence-corrected chi connectivity index (χ0v) is 37.1. The van der Waals surface area contributed by atoms with Gasteiger partial charge in [-0.1, -0.05) is 42.0 Å². The number of ether oxygens (including phenoxy) is 2. The Morgan fingerprint density at radius 1 is 0.514 bits per heavy atom. The van der Waals surface area contributed by atoms with E-state index in [4.69, 9.17) is 9.47 Å². The first-order valence-corrected chi connectivity index (χ1v) is 21.7. The molecule has 0 amide bonds. The molecule has 4 aromatic carbocycles. The number of phenolic OH excluding ortho intramolecular Hbond substituents is 1. The van der Waals surface area contributed by atoms with Crippen molar-refractivity contribution in [2.75, 3.05) is 26.4 Å². The average Bonchev–Trinajstić information content (AvgIpc) is 4.20. The van der Waals surface area contributed by atoms with E-state index in [1.54, 1.807) is 25.1 Å². The smallest absolute Gasteiger partial charge is 0.204 e. The Morgan fingerprint density at radius 2 is 0.931 bits per heavy atom. The van der Waals surface area contributed by atoms with Crippen molar-refractivity contribution >= 4 is 34.2 Å². The summed E-state index contributed by atoms with van der Waals surface area (Å²) in [6.07, 6.45) is -5.20. The third-order valence-electron chi connectivity index (χ3n) is 11.9. The van der Waals surface area contributed by atoms with Crippen LogP contribution < -0.4 is 9.47 Å². The van der Waals surface area contributed by atoms with E-state index in [2.05, 4.69) is 19.9 Å². The van der Waals surface area contributed by atoms with Crippen LogP contribution in [0, 0.1) is 53.5 Å². The number of phenols is 1. The molecule has 4 atom stereocenters. The normalized spacial score (nSPS) is 15.3. The first kappa shape index (κ1) is 49.3. The zero-order chi connectivity index (χ0) is 51.4. The number of aromatic hydroxyl groups is 1. The number of nitrogens with zero attached hydrogens (tertiary/aromatic N) is 2. The predicted octanol–water partition coefficient (Wildman–Crippen LogP) is 8.51. The number of aromatic nitrogens is 4. The number of aromatic amines is 2. The number of aliphatic hydroxyl groups is 6. The Morgan fingerprint density at radius 3 is 1.42 bits per heavy atom. The lowest BCUT2D eigenvalue weighted by Gasteiger charge is -2.16. The SMILES string of the molecule is Cc1cccc(-c2c3nc(c(-c4c(F)c(F)c(OCC(O)CO)c(F)c4F)c4ccc([nH]4)c(-c4cccc(O)c4)c4nc(c(-c5c(F)c(F)c(OCC(O)CO)c(F)c5F)c5ccc2[nH]5)C=C4)[C@@H](O)[C@H]3O)c1. The maximum atomic E-state index is 16.7. The van der Waals surface area contributed by atoms with Crippen molar-refractivity contribution in [3.63, 3.8) is 0 Å². The molecule has 372 valence electrons. The quantitative estimate of drug-likeness (QED) is 0.0418. The molecule has 0 fully saturated rings. The third kappa shape index (κ3) is 8.58. The van der Waals surface area contributed by atoms with Crippen LogP contribution in [0.25, 0.3) is 78.7 Å². The maximum absolute atomic E-state index is 16.7. The molecule has 5 heterocycles. The van der Waals surface area contributed by atoms with Crippen LogP contribution in [-0.4, -0.2) is 94.3 Å². The van der Waals surface area contributed by atoms with Crippen LogP contribution in [0.3, 0.4) is 0 Å². The fraction of sp³-hybridized carbons (Fsp3) is 0.176. The van der Waals surface area contributed by atoms with Gasteiger partial charge in [0.05, 0.1) is 47.1 Å². The Kier molecular flexibility index (Phi) is 13.4. The lowest BCUT2D eigenvalue weighted by molar-refractivity contribution is 0.0259. The minimum Gasteiger partial charge on any atom is -0.508 e. The molecular weight excluding hydrogens is 965 g/mol. The summed E-state index contributed by atoms with van der Waals surface area (Å²) in [6, 6.07) is 16.9. The molecule has 3 aromatic heterocycles. The van der Waals surface area contributed by atoms with Gasteiger partial charge in [-0.15, -0.1) is 0 Å². The zero-order valence-electron chi connectivity index (χ0n) is 37.1.